The first-order valence-electron chi connectivity index (χ1n) is 3.31. The van der Waals surface area contributed by atoms with Crippen LogP contribution in [0.3, 0.4) is 0 Å². The summed E-state index contributed by atoms with van der Waals surface area (Å²) in [4.78, 5) is 10.0. The molecule has 1 radical (unpaired) electrons. The molecule has 0 spiro atoms. The molecule has 0 fully saturated rings. The Balaban J connectivity index is 2.57. The first kappa shape index (κ1) is 8.52. The highest BCUT2D eigenvalue weighted by Gasteiger charge is 1.97. The quantitative estimate of drug-likeness (QED) is 0.701. The van der Waals surface area contributed by atoms with E-state index in [0.29, 0.717) is 5.56 Å². The Bertz CT molecular complexity index is 288. The lowest BCUT2D eigenvalue weighted by Gasteiger charge is -1.99. The molecule has 12 heavy (non-hydrogen) atoms. The van der Waals surface area contributed by atoms with Gasteiger partial charge in [0.15, 0.2) is 0 Å². The molecule has 4 heteroatoms. The van der Waals surface area contributed by atoms with Gasteiger partial charge >= 0.3 is 6.09 Å². The zero-order valence-electron chi connectivity index (χ0n) is 6.17. The summed E-state index contributed by atoms with van der Waals surface area (Å²) in [5, 5.41) is 10.4. The van der Waals surface area contributed by atoms with E-state index >= 15 is 0 Å². The number of rotatable bonds is 2. The normalized spacial score (nSPS) is 9.42. The number of carboxylic acid groups (broad SMARTS) is 1. The Morgan fingerprint density at radius 1 is 1.75 bits per heavy atom. The lowest BCUT2D eigenvalue weighted by atomic mass is 10.2. The maximum Gasteiger partial charge on any atom is 0.404 e. The van der Waals surface area contributed by atoms with Crippen molar-refractivity contribution in [2.75, 3.05) is 0 Å². The minimum absolute atomic E-state index is 0.112. The molecule has 1 amide bonds. The molecule has 0 saturated heterocycles. The summed E-state index contributed by atoms with van der Waals surface area (Å²) in [6, 6.07) is 6.56. The first-order valence-corrected chi connectivity index (χ1v) is 3.31. The summed E-state index contributed by atoms with van der Waals surface area (Å²) in [5.74, 6) is -0.486. The second kappa shape index (κ2) is 3.71. The van der Waals surface area contributed by atoms with Crippen molar-refractivity contribution in [3.05, 3.63) is 35.6 Å². The SMILES string of the molecule is O=C(O)NCc1cc[c]c(F)c1. The number of halogens is 1. The summed E-state index contributed by atoms with van der Waals surface area (Å²) in [7, 11) is 0. The third kappa shape index (κ3) is 2.57. The highest BCUT2D eigenvalue weighted by atomic mass is 19.1. The van der Waals surface area contributed by atoms with E-state index in [-0.39, 0.29) is 6.54 Å². The van der Waals surface area contributed by atoms with Gasteiger partial charge in [-0.3, -0.25) is 0 Å². The predicted octanol–water partition coefficient (Wildman–Crippen LogP) is 1.39. The molecule has 1 aromatic carbocycles. The molecule has 0 aliphatic heterocycles. The van der Waals surface area contributed by atoms with Crippen LogP contribution in [-0.4, -0.2) is 11.2 Å². The van der Waals surface area contributed by atoms with Gasteiger partial charge in [-0.2, -0.15) is 0 Å². The topological polar surface area (TPSA) is 49.3 Å². The van der Waals surface area contributed by atoms with Crippen LogP contribution in [0.25, 0.3) is 0 Å². The largest absolute Gasteiger partial charge is 0.465 e. The molecule has 0 aliphatic carbocycles. The van der Waals surface area contributed by atoms with Crippen molar-refractivity contribution >= 4 is 6.09 Å². The predicted molar refractivity (Wildman–Crippen MR) is 40.1 cm³/mol. The fraction of sp³-hybridized carbons (Fsp3) is 0.125. The summed E-state index contributed by atoms with van der Waals surface area (Å²) < 4.78 is 12.5. The van der Waals surface area contributed by atoms with Crippen molar-refractivity contribution in [3.8, 4) is 0 Å². The maximum absolute atomic E-state index is 12.5. The fourth-order valence-electron chi connectivity index (χ4n) is 0.768. The van der Waals surface area contributed by atoms with E-state index in [1.807, 2.05) is 0 Å². The van der Waals surface area contributed by atoms with E-state index in [4.69, 9.17) is 5.11 Å². The molecule has 0 aliphatic rings. The summed E-state index contributed by atoms with van der Waals surface area (Å²) in [6.07, 6.45) is -1.12. The molecule has 0 atom stereocenters. The summed E-state index contributed by atoms with van der Waals surface area (Å²) >= 11 is 0. The van der Waals surface area contributed by atoms with E-state index in [2.05, 4.69) is 11.4 Å². The average molecular weight is 168 g/mol. The molecule has 0 saturated carbocycles. The summed E-state index contributed by atoms with van der Waals surface area (Å²) in [5.41, 5.74) is 0.577. The second-order valence-corrected chi connectivity index (χ2v) is 2.20. The Hall–Kier alpha value is -1.58. The first-order chi connectivity index (χ1) is 5.68. The zero-order valence-corrected chi connectivity index (χ0v) is 6.17. The smallest absolute Gasteiger partial charge is 0.404 e. The molecule has 63 valence electrons. The van der Waals surface area contributed by atoms with E-state index in [0.717, 1.165) is 0 Å². The minimum Gasteiger partial charge on any atom is -0.465 e. The third-order valence-electron chi connectivity index (χ3n) is 1.27. The van der Waals surface area contributed by atoms with Crippen LogP contribution < -0.4 is 5.32 Å². The van der Waals surface area contributed by atoms with Gasteiger partial charge in [-0.25, -0.2) is 9.18 Å². The Morgan fingerprint density at radius 3 is 3.08 bits per heavy atom. The molecule has 2 N–H and O–H groups in total. The molecule has 1 rings (SSSR count). The van der Waals surface area contributed by atoms with Crippen molar-refractivity contribution in [2.24, 2.45) is 0 Å². The Morgan fingerprint density at radius 2 is 2.50 bits per heavy atom. The molecule has 0 bridgehead atoms. The lowest BCUT2D eigenvalue weighted by Crippen LogP contribution is -2.19. The fourth-order valence-corrected chi connectivity index (χ4v) is 0.768. The molecule has 1 aromatic rings. The number of hydrogen-bond donors (Lipinski definition) is 2. The van der Waals surface area contributed by atoms with Gasteiger partial charge in [0.1, 0.15) is 5.82 Å². The van der Waals surface area contributed by atoms with Crippen LogP contribution in [0.1, 0.15) is 5.56 Å². The van der Waals surface area contributed by atoms with E-state index in [1.165, 1.54) is 12.1 Å². The number of nitrogens with one attached hydrogen (secondary N) is 1. The van der Waals surface area contributed by atoms with Crippen LogP contribution in [-0.2, 0) is 6.54 Å². The third-order valence-corrected chi connectivity index (χ3v) is 1.27. The molecular weight excluding hydrogens is 161 g/mol. The number of amides is 1. The lowest BCUT2D eigenvalue weighted by molar-refractivity contribution is 0.194. The van der Waals surface area contributed by atoms with Crippen molar-refractivity contribution in [3.63, 3.8) is 0 Å². The Labute approximate surface area is 68.8 Å². The molecule has 0 unspecified atom stereocenters. The highest BCUT2D eigenvalue weighted by molar-refractivity contribution is 5.64. The van der Waals surface area contributed by atoms with Gasteiger partial charge in [-0.15, -0.1) is 0 Å². The van der Waals surface area contributed by atoms with Gasteiger partial charge in [-0.05, 0) is 11.6 Å². The van der Waals surface area contributed by atoms with E-state index in [9.17, 15) is 9.18 Å². The maximum atomic E-state index is 12.5. The second-order valence-electron chi connectivity index (χ2n) is 2.20. The number of hydrogen-bond acceptors (Lipinski definition) is 1. The van der Waals surface area contributed by atoms with Crippen molar-refractivity contribution in [1.82, 2.24) is 5.32 Å². The van der Waals surface area contributed by atoms with Crippen LogP contribution in [0.4, 0.5) is 9.18 Å². The molecule has 0 aromatic heterocycles. The standard InChI is InChI=1S/C8H7FNO2/c9-7-3-1-2-6(4-7)5-10-8(11)12/h1-2,4,10H,5H2,(H,11,12). The summed E-state index contributed by atoms with van der Waals surface area (Å²) in [6.45, 7) is 0.112. The molecule has 0 heterocycles. The minimum atomic E-state index is -1.12. The molecular formula is C8H7FNO2. The molecule has 3 nitrogen and oxygen atoms in total. The highest BCUT2D eigenvalue weighted by Crippen LogP contribution is 2.01. The van der Waals surface area contributed by atoms with Crippen molar-refractivity contribution in [1.29, 1.82) is 0 Å². The number of carbonyl (C=O) groups is 1. The van der Waals surface area contributed by atoms with Crippen LogP contribution >= 0.6 is 0 Å². The van der Waals surface area contributed by atoms with Crippen LogP contribution in [0.2, 0.25) is 0 Å². The Kier molecular flexibility index (Phi) is 2.63. The van der Waals surface area contributed by atoms with Gasteiger partial charge in [0.2, 0.25) is 0 Å². The van der Waals surface area contributed by atoms with Gasteiger partial charge in [0.25, 0.3) is 0 Å². The van der Waals surface area contributed by atoms with Crippen molar-refractivity contribution in [2.45, 2.75) is 6.54 Å². The monoisotopic (exact) mass is 168 g/mol. The van der Waals surface area contributed by atoms with Gasteiger partial charge in [0, 0.05) is 12.6 Å². The van der Waals surface area contributed by atoms with Crippen LogP contribution in [0.5, 0.6) is 0 Å². The number of benzene rings is 1. The van der Waals surface area contributed by atoms with E-state index < -0.39 is 11.9 Å². The van der Waals surface area contributed by atoms with Crippen LogP contribution in [0, 0.1) is 11.9 Å². The van der Waals surface area contributed by atoms with Gasteiger partial charge in [-0.1, -0.05) is 12.1 Å². The van der Waals surface area contributed by atoms with Gasteiger partial charge in [0.05, 0.1) is 0 Å². The van der Waals surface area contributed by atoms with E-state index in [1.54, 1.807) is 6.07 Å². The van der Waals surface area contributed by atoms with Crippen molar-refractivity contribution < 1.29 is 14.3 Å². The van der Waals surface area contributed by atoms with Gasteiger partial charge < -0.3 is 10.4 Å². The van der Waals surface area contributed by atoms with Crippen LogP contribution in [0.15, 0.2) is 18.2 Å². The zero-order chi connectivity index (χ0) is 8.97. The average Bonchev–Trinajstić information content (AvgIpc) is 2.01.